The van der Waals surface area contributed by atoms with E-state index in [0.717, 1.165) is 49.7 Å². The van der Waals surface area contributed by atoms with Crippen molar-refractivity contribution >= 4 is 21.9 Å². The number of rotatable bonds is 5. The highest BCUT2D eigenvalue weighted by Gasteiger charge is 2.41. The summed E-state index contributed by atoms with van der Waals surface area (Å²) in [5, 5.41) is 0. The first-order valence-corrected chi connectivity index (χ1v) is 11.2. The first-order chi connectivity index (χ1) is 13.0. The first-order valence-electron chi connectivity index (χ1n) is 10.3. The van der Waals surface area contributed by atoms with Gasteiger partial charge in [0.1, 0.15) is 16.2 Å². The van der Waals surface area contributed by atoms with Gasteiger partial charge in [-0.05, 0) is 102 Å². The van der Waals surface area contributed by atoms with Crippen LogP contribution in [0.4, 0.5) is 4.39 Å². The molecule has 2 fully saturated rings. The van der Waals surface area contributed by atoms with Gasteiger partial charge in [0.15, 0.2) is 0 Å². The Morgan fingerprint density at radius 1 is 1.21 bits per heavy atom. The van der Waals surface area contributed by atoms with Gasteiger partial charge in [-0.15, -0.1) is 0 Å². The van der Waals surface area contributed by atoms with Gasteiger partial charge in [-0.25, -0.2) is 4.39 Å². The normalized spacial score (nSPS) is 25.2. The topological polar surface area (TPSA) is 35.5 Å². The predicted octanol–water partition coefficient (Wildman–Crippen LogP) is 6.51. The molecule has 5 heteroatoms. The summed E-state index contributed by atoms with van der Waals surface area (Å²) in [4.78, 5) is 12.0. The summed E-state index contributed by atoms with van der Waals surface area (Å²) in [6, 6.07) is 3.18. The van der Waals surface area contributed by atoms with E-state index in [1.807, 2.05) is 27.7 Å². The highest BCUT2D eigenvalue weighted by molar-refractivity contribution is 9.09. The minimum Gasteiger partial charge on any atom is -0.459 e. The standard InChI is InChI=1S/C23H32BrFO3/c1-14-18(25)11-10-17(20(24)21(26)28-22(2,3)4)19(14)15-6-8-16(9-7-15)27-23(5)12-13-23/h10-11,15-16,20H,6-9,12-13H2,1-5H3. The molecular formula is C23H32BrFO3. The number of carbonyl (C=O) groups excluding carboxylic acids is 1. The molecule has 0 radical (unpaired) electrons. The van der Waals surface area contributed by atoms with Crippen LogP contribution in [0.1, 0.15) is 93.7 Å². The van der Waals surface area contributed by atoms with Gasteiger partial charge in [0.2, 0.25) is 0 Å². The average Bonchev–Trinajstić information content (AvgIpc) is 3.33. The van der Waals surface area contributed by atoms with Crippen LogP contribution < -0.4 is 0 Å². The molecule has 1 aromatic carbocycles. The second-order valence-corrected chi connectivity index (χ2v) is 10.5. The fourth-order valence-corrected chi connectivity index (χ4v) is 4.62. The number of alkyl halides is 1. The van der Waals surface area contributed by atoms with Crippen molar-refractivity contribution in [2.45, 2.75) is 101 Å². The van der Waals surface area contributed by atoms with Crippen LogP contribution in [0.5, 0.6) is 0 Å². The summed E-state index contributed by atoms with van der Waals surface area (Å²) in [7, 11) is 0. The minimum atomic E-state index is -0.597. The van der Waals surface area contributed by atoms with Crippen LogP contribution in [0.3, 0.4) is 0 Å². The van der Waals surface area contributed by atoms with Crippen LogP contribution in [-0.4, -0.2) is 23.3 Å². The maximum absolute atomic E-state index is 14.4. The zero-order valence-corrected chi connectivity index (χ0v) is 19.2. The van der Waals surface area contributed by atoms with Crippen molar-refractivity contribution in [2.75, 3.05) is 0 Å². The van der Waals surface area contributed by atoms with Crippen LogP contribution in [0, 0.1) is 12.7 Å². The molecule has 1 aromatic rings. The Balaban J connectivity index is 1.78. The van der Waals surface area contributed by atoms with E-state index in [2.05, 4.69) is 22.9 Å². The summed E-state index contributed by atoms with van der Waals surface area (Å²) < 4.78 is 26.2. The third kappa shape index (κ3) is 5.15. The van der Waals surface area contributed by atoms with E-state index in [1.165, 1.54) is 6.07 Å². The van der Waals surface area contributed by atoms with Crippen molar-refractivity contribution in [3.8, 4) is 0 Å². The van der Waals surface area contributed by atoms with Crippen molar-refractivity contribution in [1.82, 2.24) is 0 Å². The Morgan fingerprint density at radius 3 is 2.36 bits per heavy atom. The summed E-state index contributed by atoms with van der Waals surface area (Å²) in [6.45, 7) is 9.55. The largest absolute Gasteiger partial charge is 0.459 e. The molecule has 1 atom stereocenters. The van der Waals surface area contributed by atoms with Crippen LogP contribution in [0.15, 0.2) is 12.1 Å². The molecule has 0 saturated heterocycles. The Kier molecular flexibility index (Phi) is 6.26. The van der Waals surface area contributed by atoms with Gasteiger partial charge < -0.3 is 9.47 Å². The molecule has 0 spiro atoms. The van der Waals surface area contributed by atoms with E-state index in [1.54, 1.807) is 6.07 Å². The molecule has 3 nitrogen and oxygen atoms in total. The molecule has 3 rings (SSSR count). The van der Waals surface area contributed by atoms with Gasteiger partial charge >= 0.3 is 5.97 Å². The molecule has 2 saturated carbocycles. The molecule has 0 aliphatic heterocycles. The molecule has 0 heterocycles. The van der Waals surface area contributed by atoms with E-state index < -0.39 is 10.4 Å². The van der Waals surface area contributed by atoms with Crippen molar-refractivity contribution in [1.29, 1.82) is 0 Å². The number of esters is 1. The number of carbonyl (C=O) groups is 1. The highest BCUT2D eigenvalue weighted by atomic mass is 79.9. The average molecular weight is 455 g/mol. The smallest absolute Gasteiger partial charge is 0.324 e. The fourth-order valence-electron chi connectivity index (χ4n) is 4.13. The second kappa shape index (κ2) is 8.06. The van der Waals surface area contributed by atoms with Crippen LogP contribution in [-0.2, 0) is 14.3 Å². The molecule has 0 aromatic heterocycles. The molecule has 0 bridgehead atoms. The SMILES string of the molecule is Cc1c(F)ccc(C(Br)C(=O)OC(C)(C)C)c1C1CCC(OC2(C)CC2)CC1. The Hall–Kier alpha value is -0.940. The minimum absolute atomic E-state index is 0.0924. The van der Waals surface area contributed by atoms with Crippen molar-refractivity contribution in [2.24, 2.45) is 0 Å². The summed E-state index contributed by atoms with van der Waals surface area (Å²) in [6.07, 6.45) is 6.47. The summed E-state index contributed by atoms with van der Waals surface area (Å²) in [5.41, 5.74) is 1.96. The number of hydrogen-bond acceptors (Lipinski definition) is 3. The first kappa shape index (κ1) is 21.8. The lowest BCUT2D eigenvalue weighted by Gasteiger charge is -2.33. The third-order valence-electron chi connectivity index (χ3n) is 5.86. The number of ether oxygens (including phenoxy) is 2. The van der Waals surface area contributed by atoms with Crippen LogP contribution >= 0.6 is 15.9 Å². The van der Waals surface area contributed by atoms with Crippen molar-refractivity contribution in [3.63, 3.8) is 0 Å². The maximum Gasteiger partial charge on any atom is 0.324 e. The molecule has 2 aliphatic rings. The molecular weight excluding hydrogens is 423 g/mol. The highest BCUT2D eigenvalue weighted by Crippen LogP contribution is 2.45. The zero-order valence-electron chi connectivity index (χ0n) is 17.6. The van der Waals surface area contributed by atoms with E-state index >= 15 is 0 Å². The van der Waals surface area contributed by atoms with Gasteiger partial charge in [0, 0.05) is 0 Å². The summed E-state index contributed by atoms with van der Waals surface area (Å²) in [5.74, 6) is -0.315. The quantitative estimate of drug-likeness (QED) is 0.375. The van der Waals surface area contributed by atoms with Crippen LogP contribution in [0.25, 0.3) is 0 Å². The summed E-state index contributed by atoms with van der Waals surface area (Å²) >= 11 is 3.52. The molecule has 156 valence electrons. The Morgan fingerprint density at radius 2 is 1.82 bits per heavy atom. The lowest BCUT2D eigenvalue weighted by atomic mass is 9.78. The van der Waals surface area contributed by atoms with E-state index in [4.69, 9.17) is 9.47 Å². The molecule has 0 amide bonds. The second-order valence-electron chi connectivity index (χ2n) is 9.61. The number of hydrogen-bond donors (Lipinski definition) is 0. The number of benzene rings is 1. The van der Waals surface area contributed by atoms with Gasteiger partial charge in [0.05, 0.1) is 11.7 Å². The Bertz CT molecular complexity index is 728. The van der Waals surface area contributed by atoms with Gasteiger partial charge in [-0.2, -0.15) is 0 Å². The Labute approximate surface area is 176 Å². The lowest BCUT2D eigenvalue weighted by molar-refractivity contribution is -0.154. The van der Waals surface area contributed by atoms with E-state index in [-0.39, 0.29) is 23.3 Å². The van der Waals surface area contributed by atoms with Gasteiger partial charge in [-0.1, -0.05) is 22.0 Å². The lowest BCUT2D eigenvalue weighted by Crippen LogP contribution is -2.28. The molecule has 2 aliphatic carbocycles. The molecule has 1 unspecified atom stereocenters. The predicted molar refractivity (Wildman–Crippen MR) is 112 cm³/mol. The molecule has 0 N–H and O–H groups in total. The van der Waals surface area contributed by atoms with Gasteiger partial charge in [0.25, 0.3) is 0 Å². The zero-order chi connectivity index (χ0) is 20.7. The van der Waals surface area contributed by atoms with E-state index in [0.29, 0.717) is 11.7 Å². The van der Waals surface area contributed by atoms with Crippen molar-refractivity contribution in [3.05, 3.63) is 34.6 Å². The maximum atomic E-state index is 14.4. The van der Waals surface area contributed by atoms with Gasteiger partial charge in [-0.3, -0.25) is 4.79 Å². The fraction of sp³-hybridized carbons (Fsp3) is 0.696. The molecule has 28 heavy (non-hydrogen) atoms. The van der Waals surface area contributed by atoms with Crippen LogP contribution in [0.2, 0.25) is 0 Å². The van der Waals surface area contributed by atoms with Crippen molar-refractivity contribution < 1.29 is 18.7 Å². The number of halogens is 2. The third-order valence-corrected chi connectivity index (χ3v) is 6.72. The van der Waals surface area contributed by atoms with E-state index in [9.17, 15) is 9.18 Å². The monoisotopic (exact) mass is 454 g/mol.